The molecule has 0 aromatic heterocycles. The van der Waals surface area contributed by atoms with Crippen LogP contribution in [0.15, 0.2) is 48.5 Å². The Kier molecular flexibility index (Phi) is 5.50. The number of benzene rings is 2. The largest absolute Gasteiger partial charge is 0.497 e. The van der Waals surface area contributed by atoms with Gasteiger partial charge in [0.15, 0.2) is 0 Å². The molecule has 25 heavy (non-hydrogen) atoms. The summed E-state index contributed by atoms with van der Waals surface area (Å²) in [4.78, 5) is 16.4. The molecule has 1 fully saturated rings. The molecular weight excluding hydrogens is 321 g/mol. The summed E-state index contributed by atoms with van der Waals surface area (Å²) in [6.45, 7) is 3.71. The molecule has 132 valence electrons. The van der Waals surface area contributed by atoms with E-state index in [1.54, 1.807) is 19.2 Å². The second-order valence-corrected chi connectivity index (χ2v) is 6.05. The molecule has 0 aliphatic carbocycles. The number of ether oxygens (including phenoxy) is 1. The van der Waals surface area contributed by atoms with E-state index in [2.05, 4.69) is 10.2 Å². The van der Waals surface area contributed by atoms with E-state index in [0.717, 1.165) is 36.6 Å². The van der Waals surface area contributed by atoms with Crippen LogP contribution < -0.4 is 10.1 Å². The first-order valence-corrected chi connectivity index (χ1v) is 8.31. The van der Waals surface area contributed by atoms with Gasteiger partial charge >= 0.3 is 6.03 Å². The summed E-state index contributed by atoms with van der Waals surface area (Å²) in [7, 11) is 1.61. The summed E-state index contributed by atoms with van der Waals surface area (Å²) in [6, 6.07) is 13.7. The molecular formula is C19H22FN3O2. The van der Waals surface area contributed by atoms with Crippen molar-refractivity contribution in [3.8, 4) is 5.75 Å². The Bertz CT molecular complexity index is 696. The molecule has 1 N–H and O–H groups in total. The van der Waals surface area contributed by atoms with Crippen molar-refractivity contribution >= 4 is 11.7 Å². The molecule has 1 aliphatic rings. The van der Waals surface area contributed by atoms with Gasteiger partial charge in [0.25, 0.3) is 0 Å². The molecule has 5 nitrogen and oxygen atoms in total. The summed E-state index contributed by atoms with van der Waals surface area (Å²) in [6.07, 6.45) is 0. The average Bonchev–Trinajstić information content (AvgIpc) is 2.65. The number of rotatable bonds is 4. The maximum absolute atomic E-state index is 13.0. The van der Waals surface area contributed by atoms with E-state index in [0.29, 0.717) is 13.1 Å². The van der Waals surface area contributed by atoms with Crippen LogP contribution in [0, 0.1) is 5.82 Å². The van der Waals surface area contributed by atoms with Gasteiger partial charge in [0.2, 0.25) is 0 Å². The van der Waals surface area contributed by atoms with Crippen molar-refractivity contribution in [2.24, 2.45) is 0 Å². The van der Waals surface area contributed by atoms with Crippen molar-refractivity contribution < 1.29 is 13.9 Å². The fourth-order valence-electron chi connectivity index (χ4n) is 2.83. The monoisotopic (exact) mass is 343 g/mol. The van der Waals surface area contributed by atoms with Crippen molar-refractivity contribution in [3.05, 3.63) is 59.9 Å². The zero-order chi connectivity index (χ0) is 17.6. The second kappa shape index (κ2) is 7.98. The van der Waals surface area contributed by atoms with Crippen molar-refractivity contribution in [1.29, 1.82) is 0 Å². The number of anilines is 1. The number of piperazine rings is 1. The van der Waals surface area contributed by atoms with Crippen molar-refractivity contribution in [3.63, 3.8) is 0 Å². The van der Waals surface area contributed by atoms with Gasteiger partial charge in [-0.15, -0.1) is 0 Å². The van der Waals surface area contributed by atoms with E-state index in [4.69, 9.17) is 4.74 Å². The number of hydrogen-bond donors (Lipinski definition) is 1. The highest BCUT2D eigenvalue weighted by Crippen LogP contribution is 2.16. The van der Waals surface area contributed by atoms with E-state index in [9.17, 15) is 9.18 Å². The van der Waals surface area contributed by atoms with Gasteiger partial charge in [-0.05, 0) is 42.0 Å². The van der Waals surface area contributed by atoms with Gasteiger partial charge < -0.3 is 15.0 Å². The minimum absolute atomic E-state index is 0.0911. The number of methoxy groups -OCH3 is 1. The first kappa shape index (κ1) is 17.2. The van der Waals surface area contributed by atoms with Gasteiger partial charge in [-0.2, -0.15) is 0 Å². The molecule has 2 amide bonds. The predicted octanol–water partition coefficient (Wildman–Crippen LogP) is 3.18. The molecule has 0 bridgehead atoms. The van der Waals surface area contributed by atoms with Crippen LogP contribution >= 0.6 is 0 Å². The smallest absolute Gasteiger partial charge is 0.321 e. The zero-order valence-electron chi connectivity index (χ0n) is 14.2. The highest BCUT2D eigenvalue weighted by Gasteiger charge is 2.21. The van der Waals surface area contributed by atoms with Gasteiger partial charge in [0.05, 0.1) is 7.11 Å². The van der Waals surface area contributed by atoms with Crippen molar-refractivity contribution in [2.75, 3.05) is 38.6 Å². The van der Waals surface area contributed by atoms with Crippen LogP contribution in [0.25, 0.3) is 0 Å². The Balaban J connectivity index is 1.47. The number of amides is 2. The second-order valence-electron chi connectivity index (χ2n) is 6.05. The Hall–Kier alpha value is -2.60. The quantitative estimate of drug-likeness (QED) is 0.927. The third-order valence-electron chi connectivity index (χ3n) is 4.32. The van der Waals surface area contributed by atoms with Crippen molar-refractivity contribution in [1.82, 2.24) is 9.80 Å². The lowest BCUT2D eigenvalue weighted by Crippen LogP contribution is -2.49. The molecule has 1 aliphatic heterocycles. The van der Waals surface area contributed by atoms with Crippen LogP contribution in [-0.2, 0) is 6.54 Å². The molecule has 0 radical (unpaired) electrons. The van der Waals surface area contributed by atoms with E-state index in [1.807, 2.05) is 29.2 Å². The number of halogens is 1. The summed E-state index contributed by atoms with van der Waals surface area (Å²) in [5.74, 6) is 0.538. The SMILES string of the molecule is COc1ccc(NC(=O)N2CCN(Cc3ccc(F)cc3)CC2)cc1. The standard InChI is InChI=1S/C19H22FN3O2/c1-25-18-8-6-17(7-9-18)21-19(24)23-12-10-22(11-13-23)14-15-2-4-16(20)5-3-15/h2-9H,10-14H2,1H3,(H,21,24). The Labute approximate surface area is 147 Å². The van der Waals surface area contributed by atoms with Crippen LogP contribution in [0.5, 0.6) is 5.75 Å². The van der Waals surface area contributed by atoms with E-state index in [1.165, 1.54) is 12.1 Å². The summed E-state index contributed by atoms with van der Waals surface area (Å²) < 4.78 is 18.1. The van der Waals surface area contributed by atoms with Gasteiger partial charge in [0, 0.05) is 38.4 Å². The highest BCUT2D eigenvalue weighted by atomic mass is 19.1. The number of hydrogen-bond acceptors (Lipinski definition) is 3. The first-order chi connectivity index (χ1) is 12.1. The lowest BCUT2D eigenvalue weighted by atomic mass is 10.2. The Morgan fingerprint density at radius 3 is 2.28 bits per heavy atom. The number of nitrogens with one attached hydrogen (secondary N) is 1. The molecule has 1 saturated heterocycles. The fourth-order valence-corrected chi connectivity index (χ4v) is 2.83. The topological polar surface area (TPSA) is 44.8 Å². The minimum Gasteiger partial charge on any atom is -0.497 e. The van der Waals surface area contributed by atoms with E-state index >= 15 is 0 Å². The Morgan fingerprint density at radius 2 is 1.68 bits per heavy atom. The van der Waals surface area contributed by atoms with Crippen LogP contribution in [0.1, 0.15) is 5.56 Å². The zero-order valence-corrected chi connectivity index (χ0v) is 14.2. The fraction of sp³-hybridized carbons (Fsp3) is 0.316. The van der Waals surface area contributed by atoms with Gasteiger partial charge in [-0.1, -0.05) is 12.1 Å². The third kappa shape index (κ3) is 4.70. The van der Waals surface area contributed by atoms with Crippen LogP contribution in [0.3, 0.4) is 0 Å². The molecule has 6 heteroatoms. The normalized spacial score (nSPS) is 15.0. The van der Waals surface area contributed by atoms with E-state index < -0.39 is 0 Å². The molecule has 2 aromatic carbocycles. The van der Waals surface area contributed by atoms with E-state index in [-0.39, 0.29) is 11.8 Å². The minimum atomic E-state index is -0.219. The first-order valence-electron chi connectivity index (χ1n) is 8.31. The number of nitrogens with zero attached hydrogens (tertiary/aromatic N) is 2. The molecule has 2 aromatic rings. The maximum Gasteiger partial charge on any atom is 0.321 e. The molecule has 0 unspecified atom stereocenters. The third-order valence-corrected chi connectivity index (χ3v) is 4.32. The Morgan fingerprint density at radius 1 is 1.04 bits per heavy atom. The summed E-state index contributed by atoms with van der Waals surface area (Å²) in [5, 5.41) is 2.90. The lowest BCUT2D eigenvalue weighted by molar-refractivity contribution is 0.143. The van der Waals surface area contributed by atoms with Gasteiger partial charge in [-0.25, -0.2) is 9.18 Å². The average molecular weight is 343 g/mol. The summed E-state index contributed by atoms with van der Waals surface area (Å²) >= 11 is 0. The van der Waals surface area contributed by atoms with Gasteiger partial charge in [-0.3, -0.25) is 4.90 Å². The van der Waals surface area contributed by atoms with Crippen molar-refractivity contribution in [2.45, 2.75) is 6.54 Å². The predicted molar refractivity (Wildman–Crippen MR) is 95.3 cm³/mol. The number of carbonyl (C=O) groups excluding carboxylic acids is 1. The lowest BCUT2D eigenvalue weighted by Gasteiger charge is -2.34. The summed E-state index contributed by atoms with van der Waals surface area (Å²) in [5.41, 5.74) is 1.83. The van der Waals surface area contributed by atoms with Crippen LogP contribution in [0.2, 0.25) is 0 Å². The van der Waals surface area contributed by atoms with Gasteiger partial charge in [0.1, 0.15) is 11.6 Å². The molecule has 3 rings (SSSR count). The highest BCUT2D eigenvalue weighted by molar-refractivity contribution is 5.89. The molecule has 0 spiro atoms. The maximum atomic E-state index is 13.0. The number of urea groups is 1. The van der Waals surface area contributed by atoms with Crippen LogP contribution in [-0.4, -0.2) is 49.1 Å². The molecule has 1 heterocycles. The molecule has 0 saturated carbocycles. The van der Waals surface area contributed by atoms with Crippen LogP contribution in [0.4, 0.5) is 14.9 Å². The number of carbonyl (C=O) groups is 1. The molecule has 0 atom stereocenters.